The van der Waals surface area contributed by atoms with Crippen LogP contribution in [0.5, 0.6) is 0 Å². The van der Waals surface area contributed by atoms with Gasteiger partial charge in [0.15, 0.2) is 5.82 Å². The van der Waals surface area contributed by atoms with Crippen LogP contribution in [0.4, 0.5) is 0 Å². The summed E-state index contributed by atoms with van der Waals surface area (Å²) in [7, 11) is 0. The minimum Gasteiger partial charge on any atom is -0.348 e. The molecule has 26 heavy (non-hydrogen) atoms. The molecule has 4 rings (SSSR count). The fraction of sp³-hybridized carbons (Fsp3) is 0.316. The molecule has 7 nitrogen and oxygen atoms in total. The normalized spacial score (nSPS) is 16.1. The molecule has 132 valence electrons. The van der Waals surface area contributed by atoms with E-state index in [1.807, 2.05) is 37.5 Å². The maximum absolute atomic E-state index is 12.4. The highest BCUT2D eigenvalue weighted by molar-refractivity contribution is 5.76. The zero-order valence-corrected chi connectivity index (χ0v) is 14.6. The molecule has 1 atom stereocenters. The lowest BCUT2D eigenvalue weighted by Gasteiger charge is -2.25. The Morgan fingerprint density at radius 3 is 3.04 bits per heavy atom. The fourth-order valence-corrected chi connectivity index (χ4v) is 3.27. The first-order valence-electron chi connectivity index (χ1n) is 8.74. The van der Waals surface area contributed by atoms with Gasteiger partial charge in [0.2, 0.25) is 5.91 Å². The van der Waals surface area contributed by atoms with Gasteiger partial charge in [-0.25, -0.2) is 9.97 Å². The second-order valence-corrected chi connectivity index (χ2v) is 6.50. The van der Waals surface area contributed by atoms with Gasteiger partial charge in [0.1, 0.15) is 6.54 Å². The molecule has 3 aromatic rings. The Balaban J connectivity index is 1.51. The first kappa shape index (κ1) is 16.4. The molecule has 0 aromatic carbocycles. The van der Waals surface area contributed by atoms with E-state index in [-0.39, 0.29) is 18.5 Å². The summed E-state index contributed by atoms with van der Waals surface area (Å²) in [6, 6.07) is 5.66. The number of fused-ring (bicyclic) bond motifs is 1. The van der Waals surface area contributed by atoms with Crippen molar-refractivity contribution in [1.82, 2.24) is 30.0 Å². The molecular weight excluding hydrogens is 328 g/mol. The van der Waals surface area contributed by atoms with Crippen molar-refractivity contribution in [3.63, 3.8) is 0 Å². The van der Waals surface area contributed by atoms with Crippen LogP contribution in [0.1, 0.15) is 35.8 Å². The minimum absolute atomic E-state index is 0.0501. The lowest BCUT2D eigenvalue weighted by molar-refractivity contribution is -0.122. The number of hydrogen-bond acceptors (Lipinski definition) is 5. The van der Waals surface area contributed by atoms with Crippen LogP contribution in [0.3, 0.4) is 0 Å². The molecule has 3 aromatic heterocycles. The highest BCUT2D eigenvalue weighted by Gasteiger charge is 2.24. The Bertz CT molecular complexity index is 921. The Hall–Kier alpha value is -3.09. The summed E-state index contributed by atoms with van der Waals surface area (Å²) in [4.78, 5) is 25.7. The highest BCUT2D eigenvalue weighted by Crippen LogP contribution is 2.29. The number of carbonyl (C=O) groups is 1. The van der Waals surface area contributed by atoms with Gasteiger partial charge in [-0.2, -0.15) is 5.10 Å². The summed E-state index contributed by atoms with van der Waals surface area (Å²) in [5.74, 6) is 0.623. The van der Waals surface area contributed by atoms with Crippen LogP contribution >= 0.6 is 0 Å². The number of rotatable bonds is 4. The Morgan fingerprint density at radius 1 is 1.35 bits per heavy atom. The van der Waals surface area contributed by atoms with Crippen molar-refractivity contribution < 1.29 is 4.79 Å². The maximum Gasteiger partial charge on any atom is 0.242 e. The van der Waals surface area contributed by atoms with Crippen molar-refractivity contribution in [2.75, 3.05) is 0 Å². The SMILES string of the molecule is Cc1ccn(CC(=O)N[C@H]2CCCc3nc(-c4cccnc4)ncc32)n1. The van der Waals surface area contributed by atoms with Gasteiger partial charge >= 0.3 is 0 Å². The van der Waals surface area contributed by atoms with Gasteiger partial charge in [-0.05, 0) is 44.4 Å². The number of aryl methyl sites for hydroxylation is 2. The Morgan fingerprint density at radius 2 is 2.27 bits per heavy atom. The van der Waals surface area contributed by atoms with E-state index < -0.39 is 0 Å². The first-order valence-corrected chi connectivity index (χ1v) is 8.74. The van der Waals surface area contributed by atoms with Crippen LogP contribution in [0.25, 0.3) is 11.4 Å². The molecule has 0 saturated carbocycles. The van der Waals surface area contributed by atoms with Crippen LogP contribution in [0, 0.1) is 6.92 Å². The van der Waals surface area contributed by atoms with Crippen LogP contribution < -0.4 is 5.32 Å². The first-order chi connectivity index (χ1) is 12.7. The third kappa shape index (κ3) is 3.46. The quantitative estimate of drug-likeness (QED) is 0.781. The summed E-state index contributed by atoms with van der Waals surface area (Å²) >= 11 is 0. The molecule has 1 N–H and O–H groups in total. The largest absolute Gasteiger partial charge is 0.348 e. The molecule has 0 radical (unpaired) electrons. The topological polar surface area (TPSA) is 85.6 Å². The van der Waals surface area contributed by atoms with Gasteiger partial charge in [-0.3, -0.25) is 14.5 Å². The van der Waals surface area contributed by atoms with Crippen molar-refractivity contribution in [3.8, 4) is 11.4 Å². The number of amides is 1. The van der Waals surface area contributed by atoms with E-state index in [0.29, 0.717) is 5.82 Å². The number of carbonyl (C=O) groups excluding carboxylic acids is 1. The number of nitrogens with one attached hydrogen (secondary N) is 1. The number of nitrogens with zero attached hydrogens (tertiary/aromatic N) is 5. The molecular formula is C19H20N6O. The van der Waals surface area contributed by atoms with Gasteiger partial charge in [-0.15, -0.1) is 0 Å². The summed E-state index contributed by atoms with van der Waals surface area (Å²) in [6.07, 6.45) is 9.93. The number of hydrogen-bond donors (Lipinski definition) is 1. The number of pyridine rings is 1. The van der Waals surface area contributed by atoms with Crippen molar-refractivity contribution in [2.24, 2.45) is 0 Å². The molecule has 0 aliphatic heterocycles. The second-order valence-electron chi connectivity index (χ2n) is 6.50. The van der Waals surface area contributed by atoms with Crippen LogP contribution in [-0.4, -0.2) is 30.6 Å². The zero-order valence-electron chi connectivity index (χ0n) is 14.6. The van der Waals surface area contributed by atoms with Gasteiger partial charge in [0, 0.05) is 41.6 Å². The van der Waals surface area contributed by atoms with Crippen LogP contribution in [0.2, 0.25) is 0 Å². The van der Waals surface area contributed by atoms with Gasteiger partial charge in [0.25, 0.3) is 0 Å². The second kappa shape index (κ2) is 7.03. The Kier molecular flexibility index (Phi) is 4.43. The van der Waals surface area contributed by atoms with E-state index in [1.165, 1.54) is 0 Å². The third-order valence-electron chi connectivity index (χ3n) is 4.52. The predicted octanol–water partition coefficient (Wildman–Crippen LogP) is 2.24. The standard InChI is InChI=1S/C19H20N6O/c1-13-7-9-25(24-13)12-18(26)22-16-5-2-6-17-15(16)11-21-19(23-17)14-4-3-8-20-10-14/h3-4,7-11,16H,2,5-6,12H2,1H3,(H,22,26)/t16-/m0/s1. The Labute approximate surface area is 151 Å². The van der Waals surface area contributed by atoms with Gasteiger partial charge < -0.3 is 5.32 Å². The molecule has 0 saturated heterocycles. The molecule has 0 unspecified atom stereocenters. The molecule has 0 bridgehead atoms. The average Bonchev–Trinajstić information content (AvgIpc) is 3.07. The van der Waals surface area contributed by atoms with E-state index in [2.05, 4.69) is 20.4 Å². The molecule has 7 heteroatoms. The third-order valence-corrected chi connectivity index (χ3v) is 4.52. The van der Waals surface area contributed by atoms with Crippen molar-refractivity contribution in [2.45, 2.75) is 38.8 Å². The van der Waals surface area contributed by atoms with E-state index in [4.69, 9.17) is 4.98 Å². The smallest absolute Gasteiger partial charge is 0.242 e. The van der Waals surface area contributed by atoms with E-state index in [9.17, 15) is 4.79 Å². The van der Waals surface area contributed by atoms with Crippen molar-refractivity contribution in [1.29, 1.82) is 0 Å². The van der Waals surface area contributed by atoms with E-state index in [0.717, 1.165) is 41.8 Å². The molecule has 0 fully saturated rings. The molecule has 0 spiro atoms. The molecule has 1 aliphatic carbocycles. The minimum atomic E-state index is -0.0534. The monoisotopic (exact) mass is 348 g/mol. The molecule has 1 amide bonds. The summed E-state index contributed by atoms with van der Waals surface area (Å²) < 4.78 is 1.65. The van der Waals surface area contributed by atoms with Gasteiger partial charge in [0.05, 0.1) is 11.7 Å². The number of aromatic nitrogens is 5. The maximum atomic E-state index is 12.4. The lowest BCUT2D eigenvalue weighted by Crippen LogP contribution is -2.34. The predicted molar refractivity (Wildman–Crippen MR) is 96.0 cm³/mol. The van der Waals surface area contributed by atoms with Crippen molar-refractivity contribution >= 4 is 5.91 Å². The summed E-state index contributed by atoms with van der Waals surface area (Å²) in [5.41, 5.74) is 3.81. The van der Waals surface area contributed by atoms with E-state index in [1.54, 1.807) is 17.1 Å². The molecule has 3 heterocycles. The summed E-state index contributed by atoms with van der Waals surface area (Å²) in [6.45, 7) is 2.12. The fourth-order valence-electron chi connectivity index (χ4n) is 3.27. The van der Waals surface area contributed by atoms with Crippen LogP contribution in [-0.2, 0) is 17.8 Å². The van der Waals surface area contributed by atoms with E-state index >= 15 is 0 Å². The zero-order chi connectivity index (χ0) is 17.9. The van der Waals surface area contributed by atoms with Crippen molar-refractivity contribution in [3.05, 3.63) is 59.9 Å². The highest BCUT2D eigenvalue weighted by atomic mass is 16.2. The average molecular weight is 348 g/mol. The van der Waals surface area contributed by atoms with Crippen LogP contribution in [0.15, 0.2) is 43.0 Å². The molecule has 1 aliphatic rings. The summed E-state index contributed by atoms with van der Waals surface area (Å²) in [5, 5.41) is 7.36. The lowest BCUT2D eigenvalue weighted by atomic mass is 9.92. The van der Waals surface area contributed by atoms with Gasteiger partial charge in [-0.1, -0.05) is 0 Å².